The summed E-state index contributed by atoms with van der Waals surface area (Å²) in [6.45, 7) is 1.40. The fraction of sp³-hybridized carbons (Fsp3) is 0.438. The summed E-state index contributed by atoms with van der Waals surface area (Å²) in [6.07, 6.45) is 1.73. The number of rotatable bonds is 8. The fourth-order valence-electron chi connectivity index (χ4n) is 2.11. The van der Waals surface area contributed by atoms with Crippen molar-refractivity contribution in [2.24, 2.45) is 0 Å². The van der Waals surface area contributed by atoms with Crippen LogP contribution in [-0.4, -0.2) is 64.8 Å². The highest BCUT2D eigenvalue weighted by atomic mass is 32.2. The van der Waals surface area contributed by atoms with Crippen LogP contribution < -0.4 is 9.47 Å². The van der Waals surface area contributed by atoms with Crippen molar-refractivity contribution in [2.75, 3.05) is 34.9 Å². The molecule has 0 aromatic heterocycles. The van der Waals surface area contributed by atoms with E-state index in [0.717, 1.165) is 10.4 Å². The lowest BCUT2D eigenvalue weighted by Crippen LogP contribution is -2.33. The topological polar surface area (TPSA) is 102 Å². The van der Waals surface area contributed by atoms with E-state index in [4.69, 9.17) is 9.47 Å². The molecule has 0 saturated carbocycles. The van der Waals surface area contributed by atoms with E-state index in [0.29, 0.717) is 5.56 Å². The maximum Gasteiger partial charge on any atom is 0.330 e. The van der Waals surface area contributed by atoms with Gasteiger partial charge in [-0.25, -0.2) is 13.2 Å². The van der Waals surface area contributed by atoms with Crippen LogP contribution in [0, 0.1) is 0 Å². The normalized spacial score (nSPS) is 13.1. The van der Waals surface area contributed by atoms with E-state index < -0.39 is 22.1 Å². The molecule has 1 N–H and O–H groups in total. The molecule has 0 amide bonds. The molecule has 0 heterocycles. The Hall–Kier alpha value is -2.10. The molecule has 25 heavy (non-hydrogen) atoms. The monoisotopic (exact) mass is 373 g/mol. The minimum atomic E-state index is -3.96. The van der Waals surface area contributed by atoms with Crippen molar-refractivity contribution in [1.29, 1.82) is 0 Å². The van der Waals surface area contributed by atoms with Gasteiger partial charge < -0.3 is 19.3 Å². The molecular formula is C16H23NO7S. The molecule has 0 radical (unpaired) electrons. The van der Waals surface area contributed by atoms with Crippen LogP contribution in [0.3, 0.4) is 0 Å². The number of benzene rings is 1. The highest BCUT2D eigenvalue weighted by Crippen LogP contribution is 2.37. The van der Waals surface area contributed by atoms with E-state index in [9.17, 15) is 18.3 Å². The van der Waals surface area contributed by atoms with Crippen molar-refractivity contribution in [1.82, 2.24) is 4.31 Å². The van der Waals surface area contributed by atoms with Gasteiger partial charge in [0.25, 0.3) is 0 Å². The largest absolute Gasteiger partial charge is 0.493 e. The minimum absolute atomic E-state index is 0.0372. The SMILES string of the molecule is COC(=O)C=Cc1cc(OC)c(OC)c(S(=O)(=O)N(C)CC(C)O)c1. The van der Waals surface area contributed by atoms with Crippen LogP contribution in [0.5, 0.6) is 11.5 Å². The zero-order valence-electron chi connectivity index (χ0n) is 14.8. The van der Waals surface area contributed by atoms with Gasteiger partial charge in [-0.15, -0.1) is 0 Å². The van der Waals surface area contributed by atoms with Gasteiger partial charge in [0, 0.05) is 19.7 Å². The number of likely N-dealkylation sites (N-methyl/N-ethyl adjacent to an activating group) is 1. The van der Waals surface area contributed by atoms with E-state index in [1.54, 1.807) is 0 Å². The number of carbonyl (C=O) groups excluding carboxylic acids is 1. The van der Waals surface area contributed by atoms with Crippen LogP contribution in [-0.2, 0) is 19.6 Å². The summed E-state index contributed by atoms with van der Waals surface area (Å²) in [4.78, 5) is 11.1. The van der Waals surface area contributed by atoms with Gasteiger partial charge >= 0.3 is 5.97 Å². The Balaban J connectivity index is 3.50. The molecule has 0 saturated heterocycles. The average molecular weight is 373 g/mol. The van der Waals surface area contributed by atoms with Crippen molar-refractivity contribution in [3.8, 4) is 11.5 Å². The molecule has 0 spiro atoms. The Morgan fingerprint density at radius 2 is 1.92 bits per heavy atom. The van der Waals surface area contributed by atoms with Crippen molar-refractivity contribution >= 4 is 22.1 Å². The summed E-state index contributed by atoms with van der Waals surface area (Å²) in [5.41, 5.74) is 0.409. The summed E-state index contributed by atoms with van der Waals surface area (Å²) in [5, 5.41) is 9.46. The van der Waals surface area contributed by atoms with E-state index in [2.05, 4.69) is 4.74 Å². The minimum Gasteiger partial charge on any atom is -0.493 e. The molecule has 1 atom stereocenters. The van der Waals surface area contributed by atoms with Gasteiger partial charge in [0.15, 0.2) is 11.5 Å². The molecule has 0 bridgehead atoms. The van der Waals surface area contributed by atoms with Crippen molar-refractivity contribution in [3.63, 3.8) is 0 Å². The first-order chi connectivity index (χ1) is 11.7. The first-order valence-electron chi connectivity index (χ1n) is 7.33. The Bertz CT molecular complexity index is 741. The average Bonchev–Trinajstić information content (AvgIpc) is 2.57. The van der Waals surface area contributed by atoms with Crippen LogP contribution in [0.2, 0.25) is 0 Å². The molecule has 1 unspecified atom stereocenters. The number of hydrogen-bond acceptors (Lipinski definition) is 7. The third-order valence-corrected chi connectivity index (χ3v) is 5.12. The maximum atomic E-state index is 12.8. The summed E-state index contributed by atoms with van der Waals surface area (Å²) in [7, 11) is 1.34. The number of nitrogens with zero attached hydrogens (tertiary/aromatic N) is 1. The van der Waals surface area contributed by atoms with Crippen LogP contribution in [0.1, 0.15) is 12.5 Å². The highest BCUT2D eigenvalue weighted by Gasteiger charge is 2.28. The van der Waals surface area contributed by atoms with Crippen LogP contribution >= 0.6 is 0 Å². The summed E-state index contributed by atoms with van der Waals surface area (Å²) in [5.74, 6) is -0.348. The predicted molar refractivity (Wildman–Crippen MR) is 92.1 cm³/mol. The standard InChI is InChI=1S/C16H23NO7S/c1-11(18)10-17(2)25(20,21)14-9-12(6-7-15(19)23-4)8-13(22-3)16(14)24-5/h6-9,11,18H,10H2,1-5H3. The molecule has 1 aromatic carbocycles. The number of aliphatic hydroxyl groups is 1. The molecule has 0 aliphatic heterocycles. The van der Waals surface area contributed by atoms with Crippen molar-refractivity contribution in [3.05, 3.63) is 23.8 Å². The lowest BCUT2D eigenvalue weighted by atomic mass is 10.2. The number of carbonyl (C=O) groups is 1. The molecule has 0 aliphatic rings. The second-order valence-corrected chi connectivity index (χ2v) is 7.26. The smallest absolute Gasteiger partial charge is 0.330 e. The summed E-state index contributed by atoms with van der Waals surface area (Å²) in [6, 6.07) is 2.89. The summed E-state index contributed by atoms with van der Waals surface area (Å²) < 4.78 is 41.6. The second-order valence-electron chi connectivity index (χ2n) is 5.25. The molecule has 140 valence electrons. The van der Waals surface area contributed by atoms with Gasteiger partial charge in [0.2, 0.25) is 10.0 Å². The number of methoxy groups -OCH3 is 3. The van der Waals surface area contributed by atoms with E-state index in [1.165, 1.54) is 53.5 Å². The van der Waals surface area contributed by atoms with Crippen LogP contribution in [0.15, 0.2) is 23.1 Å². The van der Waals surface area contributed by atoms with Gasteiger partial charge in [-0.1, -0.05) is 0 Å². The molecule has 0 fully saturated rings. The highest BCUT2D eigenvalue weighted by molar-refractivity contribution is 7.89. The van der Waals surface area contributed by atoms with E-state index in [1.807, 2.05) is 0 Å². The van der Waals surface area contributed by atoms with Crippen LogP contribution in [0.4, 0.5) is 0 Å². The third-order valence-electron chi connectivity index (χ3n) is 3.29. The molecular weight excluding hydrogens is 350 g/mol. The van der Waals surface area contributed by atoms with Gasteiger partial charge in [-0.2, -0.15) is 4.31 Å². The van der Waals surface area contributed by atoms with Crippen molar-refractivity contribution < 1.29 is 32.5 Å². The Kier molecular flexibility index (Phi) is 7.40. The van der Waals surface area contributed by atoms with E-state index >= 15 is 0 Å². The number of ether oxygens (including phenoxy) is 3. The number of esters is 1. The first-order valence-corrected chi connectivity index (χ1v) is 8.77. The second kappa shape index (κ2) is 8.84. The Morgan fingerprint density at radius 3 is 2.40 bits per heavy atom. The lowest BCUT2D eigenvalue weighted by Gasteiger charge is -2.21. The van der Waals surface area contributed by atoms with Gasteiger partial charge in [0.05, 0.1) is 27.4 Å². The quantitative estimate of drug-likeness (QED) is 0.533. The van der Waals surface area contributed by atoms with E-state index in [-0.39, 0.29) is 22.9 Å². The zero-order chi connectivity index (χ0) is 19.2. The first kappa shape index (κ1) is 20.9. The number of hydrogen-bond donors (Lipinski definition) is 1. The maximum absolute atomic E-state index is 12.8. The molecule has 1 rings (SSSR count). The number of sulfonamides is 1. The Labute approximate surface area is 147 Å². The van der Waals surface area contributed by atoms with Gasteiger partial charge in [-0.3, -0.25) is 0 Å². The lowest BCUT2D eigenvalue weighted by molar-refractivity contribution is -0.134. The molecule has 8 nitrogen and oxygen atoms in total. The molecule has 1 aromatic rings. The molecule has 9 heteroatoms. The Morgan fingerprint density at radius 1 is 1.28 bits per heavy atom. The van der Waals surface area contributed by atoms with Crippen LogP contribution in [0.25, 0.3) is 6.08 Å². The van der Waals surface area contributed by atoms with Gasteiger partial charge in [-0.05, 0) is 30.7 Å². The summed E-state index contributed by atoms with van der Waals surface area (Å²) >= 11 is 0. The number of aliphatic hydroxyl groups excluding tert-OH is 1. The predicted octanol–water partition coefficient (Wildman–Crippen LogP) is 0.891. The van der Waals surface area contributed by atoms with Crippen molar-refractivity contribution in [2.45, 2.75) is 17.9 Å². The van der Waals surface area contributed by atoms with Gasteiger partial charge in [0.1, 0.15) is 4.90 Å². The zero-order valence-corrected chi connectivity index (χ0v) is 15.7. The third kappa shape index (κ3) is 5.18. The molecule has 0 aliphatic carbocycles. The fourth-order valence-corrected chi connectivity index (χ4v) is 3.56.